The number of likely N-dealkylation sites (tertiary alicyclic amines) is 1. The Bertz CT molecular complexity index is 677. The van der Waals surface area contributed by atoms with Gasteiger partial charge in [-0.25, -0.2) is 0 Å². The van der Waals surface area contributed by atoms with Crippen LogP contribution in [0.3, 0.4) is 0 Å². The fraction of sp³-hybridized carbons (Fsp3) is 0.524. The first-order valence-corrected chi connectivity index (χ1v) is 9.62. The molecule has 156 valence electrons. The number of hydrogen-bond donors (Lipinski definition) is 1. The van der Waals surface area contributed by atoms with Crippen molar-refractivity contribution in [3.63, 3.8) is 0 Å². The molecule has 0 saturated carbocycles. The SMILES string of the molecule is CCOC(=O)C1CCCCN1CCC(=O)C=Cc1ccc(O)c(OCC)c1.Cl. The molecule has 1 aromatic rings. The Morgan fingerprint density at radius 2 is 2.04 bits per heavy atom. The van der Waals surface area contributed by atoms with E-state index in [4.69, 9.17) is 9.47 Å². The summed E-state index contributed by atoms with van der Waals surface area (Å²) in [6.07, 6.45) is 6.43. The van der Waals surface area contributed by atoms with Gasteiger partial charge in [-0.1, -0.05) is 18.6 Å². The van der Waals surface area contributed by atoms with Crippen molar-refractivity contribution >= 4 is 30.2 Å². The van der Waals surface area contributed by atoms with Crippen LogP contribution in [0.5, 0.6) is 11.5 Å². The number of benzene rings is 1. The van der Waals surface area contributed by atoms with Gasteiger partial charge < -0.3 is 14.6 Å². The zero-order chi connectivity index (χ0) is 19.6. The van der Waals surface area contributed by atoms with Crippen LogP contribution in [0.15, 0.2) is 24.3 Å². The van der Waals surface area contributed by atoms with Gasteiger partial charge >= 0.3 is 5.97 Å². The highest BCUT2D eigenvalue weighted by molar-refractivity contribution is 5.93. The number of piperidine rings is 1. The third kappa shape index (κ3) is 7.17. The first-order valence-electron chi connectivity index (χ1n) is 9.62. The first kappa shape index (κ1) is 24.0. The number of carbonyl (C=O) groups excluding carboxylic acids is 2. The lowest BCUT2D eigenvalue weighted by atomic mass is 10.0. The van der Waals surface area contributed by atoms with Crippen molar-refractivity contribution in [3.05, 3.63) is 29.8 Å². The van der Waals surface area contributed by atoms with Crippen molar-refractivity contribution in [1.29, 1.82) is 0 Å². The van der Waals surface area contributed by atoms with E-state index in [9.17, 15) is 14.7 Å². The number of ketones is 1. The van der Waals surface area contributed by atoms with Crippen molar-refractivity contribution in [1.82, 2.24) is 4.90 Å². The van der Waals surface area contributed by atoms with E-state index in [1.165, 1.54) is 6.08 Å². The highest BCUT2D eigenvalue weighted by atomic mass is 35.5. The number of allylic oxidation sites excluding steroid dienone is 1. The number of hydrogen-bond acceptors (Lipinski definition) is 6. The Kier molecular flexibility index (Phi) is 10.6. The molecule has 0 amide bonds. The summed E-state index contributed by atoms with van der Waals surface area (Å²) in [5, 5.41) is 9.72. The van der Waals surface area contributed by atoms with E-state index in [2.05, 4.69) is 4.90 Å². The first-order chi connectivity index (χ1) is 13.0. The number of phenolic OH excluding ortho intramolecular Hbond substituents is 1. The second-order valence-electron chi connectivity index (χ2n) is 6.51. The number of carbonyl (C=O) groups is 2. The van der Waals surface area contributed by atoms with Crippen LogP contribution in [-0.2, 0) is 14.3 Å². The second-order valence-corrected chi connectivity index (χ2v) is 6.51. The average molecular weight is 412 g/mol. The molecule has 1 atom stereocenters. The van der Waals surface area contributed by atoms with E-state index in [0.717, 1.165) is 31.4 Å². The molecule has 7 heteroatoms. The lowest BCUT2D eigenvalue weighted by Gasteiger charge is -2.33. The Hall–Kier alpha value is -2.05. The molecule has 0 spiro atoms. The van der Waals surface area contributed by atoms with Crippen LogP contribution in [0.2, 0.25) is 0 Å². The molecule has 1 unspecified atom stereocenters. The molecule has 1 heterocycles. The summed E-state index contributed by atoms with van der Waals surface area (Å²) in [5.74, 6) is 0.287. The van der Waals surface area contributed by atoms with Crippen LogP contribution in [0.25, 0.3) is 6.08 Å². The number of phenols is 1. The Morgan fingerprint density at radius 1 is 1.25 bits per heavy atom. The summed E-state index contributed by atoms with van der Waals surface area (Å²) in [7, 11) is 0. The maximum atomic E-state index is 12.2. The molecule has 1 N–H and O–H groups in total. The van der Waals surface area contributed by atoms with Gasteiger partial charge in [0.25, 0.3) is 0 Å². The fourth-order valence-electron chi connectivity index (χ4n) is 3.20. The van der Waals surface area contributed by atoms with Crippen LogP contribution < -0.4 is 4.74 Å². The molecule has 0 bridgehead atoms. The predicted molar refractivity (Wildman–Crippen MR) is 111 cm³/mol. The van der Waals surface area contributed by atoms with Gasteiger partial charge in [0.2, 0.25) is 0 Å². The topological polar surface area (TPSA) is 76.1 Å². The van der Waals surface area contributed by atoms with Crippen molar-refractivity contribution in [2.24, 2.45) is 0 Å². The number of halogens is 1. The monoisotopic (exact) mass is 411 g/mol. The smallest absolute Gasteiger partial charge is 0.323 e. The number of aromatic hydroxyl groups is 1. The largest absolute Gasteiger partial charge is 0.504 e. The molecule has 0 radical (unpaired) electrons. The van der Waals surface area contributed by atoms with E-state index in [0.29, 0.717) is 31.9 Å². The molecule has 1 aliphatic heterocycles. The van der Waals surface area contributed by atoms with Crippen LogP contribution in [0.1, 0.15) is 45.1 Å². The van der Waals surface area contributed by atoms with Crippen molar-refractivity contribution in [2.75, 3.05) is 26.3 Å². The molecule has 6 nitrogen and oxygen atoms in total. The van der Waals surface area contributed by atoms with E-state index in [-0.39, 0.29) is 36.0 Å². The van der Waals surface area contributed by atoms with E-state index in [1.807, 2.05) is 6.92 Å². The van der Waals surface area contributed by atoms with Gasteiger partial charge in [0.15, 0.2) is 17.3 Å². The summed E-state index contributed by atoms with van der Waals surface area (Å²) in [5.41, 5.74) is 0.784. The molecule has 0 aromatic heterocycles. The summed E-state index contributed by atoms with van der Waals surface area (Å²) in [4.78, 5) is 26.4. The van der Waals surface area contributed by atoms with Gasteiger partial charge in [0.05, 0.1) is 13.2 Å². The van der Waals surface area contributed by atoms with Gasteiger partial charge in [0, 0.05) is 13.0 Å². The highest BCUT2D eigenvalue weighted by Crippen LogP contribution is 2.27. The molecular weight excluding hydrogens is 382 g/mol. The van der Waals surface area contributed by atoms with Gasteiger partial charge in [0.1, 0.15) is 6.04 Å². The number of nitrogens with zero attached hydrogens (tertiary/aromatic N) is 1. The molecule has 1 aromatic carbocycles. The van der Waals surface area contributed by atoms with E-state index in [1.54, 1.807) is 31.2 Å². The minimum atomic E-state index is -0.235. The van der Waals surface area contributed by atoms with E-state index >= 15 is 0 Å². The summed E-state index contributed by atoms with van der Waals surface area (Å²) in [6, 6.07) is 4.74. The minimum Gasteiger partial charge on any atom is -0.504 e. The Morgan fingerprint density at radius 3 is 2.75 bits per heavy atom. The van der Waals surface area contributed by atoms with Crippen molar-refractivity contribution < 1.29 is 24.2 Å². The minimum absolute atomic E-state index is 0. The normalized spacial score (nSPS) is 17.1. The molecule has 1 aliphatic rings. The van der Waals surface area contributed by atoms with Crippen molar-refractivity contribution in [2.45, 2.75) is 45.6 Å². The zero-order valence-electron chi connectivity index (χ0n) is 16.6. The van der Waals surface area contributed by atoms with Gasteiger partial charge in [-0.2, -0.15) is 0 Å². The van der Waals surface area contributed by atoms with Gasteiger partial charge in [-0.05, 0) is 57.0 Å². The van der Waals surface area contributed by atoms with Gasteiger partial charge in [-0.15, -0.1) is 12.4 Å². The van der Waals surface area contributed by atoms with Gasteiger partial charge in [-0.3, -0.25) is 14.5 Å². The molecule has 0 aliphatic carbocycles. The van der Waals surface area contributed by atoms with E-state index < -0.39 is 0 Å². The van der Waals surface area contributed by atoms with Crippen LogP contribution in [0.4, 0.5) is 0 Å². The third-order valence-corrected chi connectivity index (χ3v) is 4.56. The summed E-state index contributed by atoms with van der Waals surface area (Å²) >= 11 is 0. The Labute approximate surface area is 172 Å². The van der Waals surface area contributed by atoms with Crippen LogP contribution in [0, 0.1) is 0 Å². The Balaban J connectivity index is 0.00000392. The molecule has 1 saturated heterocycles. The maximum absolute atomic E-state index is 12.2. The lowest BCUT2D eigenvalue weighted by Crippen LogP contribution is -2.46. The molecule has 1 fully saturated rings. The van der Waals surface area contributed by atoms with Crippen LogP contribution in [-0.4, -0.2) is 54.1 Å². The second kappa shape index (κ2) is 12.4. The molecule has 2 rings (SSSR count). The number of ether oxygens (including phenoxy) is 2. The predicted octanol–water partition coefficient (Wildman–Crippen LogP) is 3.60. The standard InChI is InChI=1S/C21H29NO5.ClH/c1-3-26-20-15-16(9-11-19(20)24)8-10-17(23)12-14-22-13-6-5-7-18(22)21(25)27-4-2;/h8-11,15,18,24H,3-7,12-14H2,1-2H3;1H. The summed E-state index contributed by atoms with van der Waals surface area (Å²) < 4.78 is 10.5. The van der Waals surface area contributed by atoms with Crippen LogP contribution >= 0.6 is 12.4 Å². The summed E-state index contributed by atoms with van der Waals surface area (Å²) in [6.45, 7) is 5.84. The maximum Gasteiger partial charge on any atom is 0.323 e. The quantitative estimate of drug-likeness (QED) is 0.494. The fourth-order valence-corrected chi connectivity index (χ4v) is 3.20. The molecule has 28 heavy (non-hydrogen) atoms. The van der Waals surface area contributed by atoms with Crippen molar-refractivity contribution in [3.8, 4) is 11.5 Å². The lowest BCUT2D eigenvalue weighted by molar-refractivity contribution is -0.151. The number of esters is 1. The third-order valence-electron chi connectivity index (χ3n) is 4.56. The molecular formula is C21H30ClNO5. The zero-order valence-corrected chi connectivity index (χ0v) is 17.4. The average Bonchev–Trinajstić information content (AvgIpc) is 2.67. The number of rotatable bonds is 9. The highest BCUT2D eigenvalue weighted by Gasteiger charge is 2.29.